The third-order valence-corrected chi connectivity index (χ3v) is 5.04. The molecule has 0 amide bonds. The minimum absolute atomic E-state index is 0.154. The Bertz CT molecular complexity index is 517. The maximum Gasteiger partial charge on any atom is 0.191 e. The molecule has 2 aliphatic heterocycles. The molecule has 0 spiro atoms. The van der Waals surface area contributed by atoms with E-state index in [9.17, 15) is 0 Å². The first-order valence-corrected chi connectivity index (χ1v) is 8.95. The van der Waals surface area contributed by atoms with E-state index in [2.05, 4.69) is 42.2 Å². The van der Waals surface area contributed by atoms with E-state index in [-0.39, 0.29) is 6.10 Å². The van der Waals surface area contributed by atoms with Crippen LogP contribution in [0.4, 0.5) is 0 Å². The van der Waals surface area contributed by atoms with Gasteiger partial charge in [0.15, 0.2) is 5.96 Å². The molecule has 0 radical (unpaired) electrons. The summed E-state index contributed by atoms with van der Waals surface area (Å²) < 4.78 is 6.05. The van der Waals surface area contributed by atoms with E-state index in [4.69, 9.17) is 15.5 Å². The molecule has 2 heterocycles. The van der Waals surface area contributed by atoms with Gasteiger partial charge in [0.25, 0.3) is 0 Å². The first-order chi connectivity index (χ1) is 11.2. The van der Waals surface area contributed by atoms with Gasteiger partial charge in [-0.05, 0) is 37.2 Å². The number of guanidine groups is 1. The number of hydrogen-bond donors (Lipinski definition) is 1. The van der Waals surface area contributed by atoms with E-state index >= 15 is 0 Å². The van der Waals surface area contributed by atoms with E-state index in [0.29, 0.717) is 17.8 Å². The maximum absolute atomic E-state index is 6.25. The standard InChI is InChI=1S/C19H29N3O/c1-15-7-5-11-22(14-15)19(20)21-13-17-10-6-12-23-18(17)16-8-3-2-4-9-16/h2-4,8-9,15,17-18H,5-7,10-14H2,1H3,(H2,20,21). The number of likely N-dealkylation sites (tertiary alicyclic amines) is 1. The number of aliphatic imine (C=N–C) groups is 1. The summed E-state index contributed by atoms with van der Waals surface area (Å²) in [4.78, 5) is 6.97. The van der Waals surface area contributed by atoms with Crippen molar-refractivity contribution in [3.63, 3.8) is 0 Å². The van der Waals surface area contributed by atoms with Crippen molar-refractivity contribution in [3.05, 3.63) is 35.9 Å². The summed E-state index contributed by atoms with van der Waals surface area (Å²) in [6.07, 6.45) is 4.95. The first-order valence-electron chi connectivity index (χ1n) is 8.95. The Labute approximate surface area is 139 Å². The highest BCUT2D eigenvalue weighted by atomic mass is 16.5. The molecule has 4 heteroatoms. The molecule has 0 aliphatic carbocycles. The van der Waals surface area contributed by atoms with Crippen LogP contribution in [0.15, 0.2) is 35.3 Å². The summed E-state index contributed by atoms with van der Waals surface area (Å²) in [7, 11) is 0. The van der Waals surface area contributed by atoms with Gasteiger partial charge in [-0.1, -0.05) is 37.3 Å². The second kappa shape index (κ2) is 7.82. The summed E-state index contributed by atoms with van der Waals surface area (Å²) in [5, 5.41) is 0. The quantitative estimate of drug-likeness (QED) is 0.688. The molecule has 23 heavy (non-hydrogen) atoms. The SMILES string of the molecule is CC1CCCN(C(N)=NCC2CCCOC2c2ccccc2)C1. The summed E-state index contributed by atoms with van der Waals surface area (Å²) in [6.45, 7) is 5.98. The van der Waals surface area contributed by atoms with Crippen LogP contribution in [0.5, 0.6) is 0 Å². The Kier molecular flexibility index (Phi) is 5.55. The summed E-state index contributed by atoms with van der Waals surface area (Å²) in [5.41, 5.74) is 7.51. The van der Waals surface area contributed by atoms with Gasteiger partial charge in [-0.3, -0.25) is 4.99 Å². The number of nitrogens with zero attached hydrogens (tertiary/aromatic N) is 2. The number of ether oxygens (including phenoxy) is 1. The van der Waals surface area contributed by atoms with Crippen molar-refractivity contribution in [3.8, 4) is 0 Å². The molecule has 3 atom stereocenters. The fourth-order valence-corrected chi connectivity index (χ4v) is 3.75. The zero-order valence-corrected chi connectivity index (χ0v) is 14.2. The molecule has 1 aromatic carbocycles. The van der Waals surface area contributed by atoms with E-state index < -0.39 is 0 Å². The third-order valence-electron chi connectivity index (χ3n) is 5.04. The van der Waals surface area contributed by atoms with E-state index in [1.807, 2.05) is 0 Å². The Balaban J connectivity index is 1.64. The van der Waals surface area contributed by atoms with Crippen molar-refractivity contribution in [2.75, 3.05) is 26.2 Å². The molecule has 0 aromatic heterocycles. The maximum atomic E-state index is 6.25. The number of hydrogen-bond acceptors (Lipinski definition) is 2. The Morgan fingerprint density at radius 1 is 1.26 bits per heavy atom. The predicted molar refractivity (Wildman–Crippen MR) is 94.3 cm³/mol. The molecule has 4 nitrogen and oxygen atoms in total. The molecular formula is C19H29N3O. The van der Waals surface area contributed by atoms with Crippen LogP contribution in [0.3, 0.4) is 0 Å². The van der Waals surface area contributed by atoms with Crippen molar-refractivity contribution in [1.82, 2.24) is 4.90 Å². The molecule has 126 valence electrons. The van der Waals surface area contributed by atoms with E-state index in [1.54, 1.807) is 0 Å². The second-order valence-electron chi connectivity index (χ2n) is 7.00. The summed E-state index contributed by atoms with van der Waals surface area (Å²) >= 11 is 0. The Hall–Kier alpha value is -1.55. The molecule has 2 aliphatic rings. The molecular weight excluding hydrogens is 286 g/mol. The Morgan fingerprint density at radius 3 is 2.87 bits per heavy atom. The molecule has 3 unspecified atom stereocenters. The fourth-order valence-electron chi connectivity index (χ4n) is 3.75. The first kappa shape index (κ1) is 16.3. The van der Waals surface area contributed by atoms with Crippen LogP contribution in [0, 0.1) is 11.8 Å². The average Bonchev–Trinajstić information content (AvgIpc) is 2.60. The molecule has 2 saturated heterocycles. The summed E-state index contributed by atoms with van der Waals surface area (Å²) in [5.74, 6) is 1.86. The minimum Gasteiger partial charge on any atom is -0.373 e. The van der Waals surface area contributed by atoms with Crippen LogP contribution in [0.25, 0.3) is 0 Å². The van der Waals surface area contributed by atoms with Crippen LogP contribution in [-0.4, -0.2) is 37.1 Å². The van der Waals surface area contributed by atoms with Gasteiger partial charge in [0.05, 0.1) is 6.10 Å². The van der Waals surface area contributed by atoms with E-state index in [1.165, 1.54) is 18.4 Å². The Morgan fingerprint density at radius 2 is 2.09 bits per heavy atom. The lowest BCUT2D eigenvalue weighted by Gasteiger charge is -2.33. The normalized spacial score (nSPS) is 29.5. The lowest BCUT2D eigenvalue weighted by atomic mass is 9.89. The lowest BCUT2D eigenvalue weighted by Crippen LogP contribution is -2.43. The van der Waals surface area contributed by atoms with Crippen molar-refractivity contribution >= 4 is 5.96 Å². The third kappa shape index (κ3) is 4.25. The van der Waals surface area contributed by atoms with Gasteiger partial charge in [-0.25, -0.2) is 0 Å². The molecule has 0 bridgehead atoms. The summed E-state index contributed by atoms with van der Waals surface area (Å²) in [6, 6.07) is 10.5. The van der Waals surface area contributed by atoms with Crippen LogP contribution in [-0.2, 0) is 4.74 Å². The highest BCUT2D eigenvalue weighted by molar-refractivity contribution is 5.78. The fraction of sp³-hybridized carbons (Fsp3) is 0.632. The van der Waals surface area contributed by atoms with Crippen molar-refractivity contribution in [2.24, 2.45) is 22.6 Å². The predicted octanol–water partition coefficient (Wildman–Crippen LogP) is 3.20. The van der Waals surface area contributed by atoms with Gasteiger partial charge in [0.1, 0.15) is 0 Å². The van der Waals surface area contributed by atoms with Gasteiger partial charge >= 0.3 is 0 Å². The highest BCUT2D eigenvalue weighted by Gasteiger charge is 2.27. The largest absolute Gasteiger partial charge is 0.373 e. The van der Waals surface area contributed by atoms with Gasteiger partial charge < -0.3 is 15.4 Å². The molecule has 3 rings (SSSR count). The number of rotatable bonds is 3. The second-order valence-corrected chi connectivity index (χ2v) is 7.00. The van der Waals surface area contributed by atoms with Crippen molar-refractivity contribution in [1.29, 1.82) is 0 Å². The van der Waals surface area contributed by atoms with Gasteiger partial charge in [0.2, 0.25) is 0 Å². The van der Waals surface area contributed by atoms with Crippen LogP contribution < -0.4 is 5.73 Å². The number of nitrogens with two attached hydrogens (primary N) is 1. The molecule has 1 aromatic rings. The number of benzene rings is 1. The van der Waals surface area contributed by atoms with Crippen LogP contribution >= 0.6 is 0 Å². The van der Waals surface area contributed by atoms with E-state index in [0.717, 1.165) is 39.1 Å². The van der Waals surface area contributed by atoms with Gasteiger partial charge in [-0.2, -0.15) is 0 Å². The zero-order chi connectivity index (χ0) is 16.1. The topological polar surface area (TPSA) is 50.8 Å². The lowest BCUT2D eigenvalue weighted by molar-refractivity contribution is -0.0250. The molecule has 2 fully saturated rings. The average molecular weight is 315 g/mol. The van der Waals surface area contributed by atoms with Crippen LogP contribution in [0.1, 0.15) is 44.3 Å². The van der Waals surface area contributed by atoms with Crippen molar-refractivity contribution < 1.29 is 4.74 Å². The minimum atomic E-state index is 0.154. The smallest absolute Gasteiger partial charge is 0.191 e. The number of piperidine rings is 1. The van der Waals surface area contributed by atoms with Gasteiger partial charge in [-0.15, -0.1) is 0 Å². The van der Waals surface area contributed by atoms with Crippen molar-refractivity contribution in [2.45, 2.75) is 38.7 Å². The van der Waals surface area contributed by atoms with Gasteiger partial charge in [0, 0.05) is 32.2 Å². The monoisotopic (exact) mass is 315 g/mol. The molecule has 2 N–H and O–H groups in total. The molecule has 0 saturated carbocycles. The van der Waals surface area contributed by atoms with Crippen LogP contribution in [0.2, 0.25) is 0 Å². The highest BCUT2D eigenvalue weighted by Crippen LogP contribution is 2.33. The zero-order valence-electron chi connectivity index (χ0n) is 14.2.